The number of aromatic nitrogens is 2. The van der Waals surface area contributed by atoms with Crippen molar-refractivity contribution in [2.24, 2.45) is 5.10 Å². The predicted molar refractivity (Wildman–Crippen MR) is 103 cm³/mol. The molecule has 0 radical (unpaired) electrons. The fourth-order valence-electron chi connectivity index (χ4n) is 2.59. The fraction of sp³-hybridized carbons (Fsp3) is 0.158. The van der Waals surface area contributed by atoms with Gasteiger partial charge in [0.2, 0.25) is 5.91 Å². The molecule has 3 rings (SSSR count). The van der Waals surface area contributed by atoms with Crippen molar-refractivity contribution in [2.75, 3.05) is 6.61 Å². The van der Waals surface area contributed by atoms with Gasteiger partial charge >= 0.3 is 5.97 Å². The minimum absolute atomic E-state index is 0.152. The molecule has 0 bridgehead atoms. The zero-order chi connectivity index (χ0) is 19.2. The Morgan fingerprint density at radius 2 is 2.22 bits per heavy atom. The summed E-state index contributed by atoms with van der Waals surface area (Å²) in [7, 11) is 0. The average Bonchev–Trinajstić information content (AvgIpc) is 3.00. The number of halogens is 1. The van der Waals surface area contributed by atoms with Crippen LogP contribution in [-0.4, -0.2) is 34.7 Å². The van der Waals surface area contributed by atoms with E-state index in [-0.39, 0.29) is 24.6 Å². The number of hydrogen-bond acceptors (Lipinski definition) is 5. The molecule has 0 aliphatic rings. The van der Waals surface area contributed by atoms with Crippen LogP contribution in [-0.2, 0) is 16.0 Å². The van der Waals surface area contributed by atoms with Crippen molar-refractivity contribution < 1.29 is 14.3 Å². The summed E-state index contributed by atoms with van der Waals surface area (Å²) in [6, 6.07) is 8.76. The summed E-state index contributed by atoms with van der Waals surface area (Å²) in [4.78, 5) is 31.2. The first-order valence-corrected chi connectivity index (χ1v) is 8.65. The number of carbonyl (C=O) groups is 2. The standard InChI is InChI=1S/C19H17ClN4O3/c1-2-27-19(26)18-15(14-6-5-13(20)9-16(14)23-18)11-22-24-17(25)8-12-4-3-7-21-10-12/h3-7,9-11,23H,2,8H2,1H3,(H,24,25)/b22-11+. The first kappa shape index (κ1) is 18.6. The van der Waals surface area contributed by atoms with Crippen molar-refractivity contribution in [2.45, 2.75) is 13.3 Å². The van der Waals surface area contributed by atoms with Crippen LogP contribution in [0.4, 0.5) is 0 Å². The average molecular weight is 385 g/mol. The summed E-state index contributed by atoms with van der Waals surface area (Å²) >= 11 is 6.01. The molecule has 0 unspecified atom stereocenters. The van der Waals surface area contributed by atoms with Gasteiger partial charge in [-0.2, -0.15) is 5.10 Å². The smallest absolute Gasteiger partial charge is 0.355 e. The van der Waals surface area contributed by atoms with E-state index in [0.29, 0.717) is 16.1 Å². The fourth-order valence-corrected chi connectivity index (χ4v) is 2.76. The lowest BCUT2D eigenvalue weighted by atomic mass is 10.1. The highest BCUT2D eigenvalue weighted by molar-refractivity contribution is 6.31. The topological polar surface area (TPSA) is 96.4 Å². The van der Waals surface area contributed by atoms with Crippen LogP contribution in [0.25, 0.3) is 10.9 Å². The largest absolute Gasteiger partial charge is 0.461 e. The Morgan fingerprint density at radius 1 is 1.37 bits per heavy atom. The van der Waals surface area contributed by atoms with E-state index >= 15 is 0 Å². The molecule has 0 aliphatic carbocycles. The zero-order valence-corrected chi connectivity index (χ0v) is 15.3. The maximum absolute atomic E-state index is 12.2. The number of nitrogens with one attached hydrogen (secondary N) is 2. The van der Waals surface area contributed by atoms with E-state index < -0.39 is 5.97 Å². The van der Waals surface area contributed by atoms with Crippen LogP contribution in [0.2, 0.25) is 5.02 Å². The van der Waals surface area contributed by atoms with Gasteiger partial charge in [-0.15, -0.1) is 0 Å². The second kappa shape index (κ2) is 8.46. The summed E-state index contributed by atoms with van der Waals surface area (Å²) < 4.78 is 5.08. The van der Waals surface area contributed by atoms with Crippen LogP contribution in [0, 0.1) is 0 Å². The Bertz CT molecular complexity index is 999. The number of H-pyrrole nitrogens is 1. The number of hydrazone groups is 1. The molecule has 2 aromatic heterocycles. The highest BCUT2D eigenvalue weighted by atomic mass is 35.5. The van der Waals surface area contributed by atoms with Gasteiger partial charge in [-0.1, -0.05) is 23.7 Å². The van der Waals surface area contributed by atoms with E-state index in [4.69, 9.17) is 16.3 Å². The number of hydrogen-bond donors (Lipinski definition) is 2. The van der Waals surface area contributed by atoms with E-state index in [1.54, 1.807) is 49.6 Å². The molecule has 0 aliphatic heterocycles. The van der Waals surface area contributed by atoms with Crippen LogP contribution >= 0.6 is 11.6 Å². The van der Waals surface area contributed by atoms with Gasteiger partial charge < -0.3 is 9.72 Å². The van der Waals surface area contributed by atoms with Crippen molar-refractivity contribution in [3.05, 3.63) is 64.6 Å². The van der Waals surface area contributed by atoms with Gasteiger partial charge in [0, 0.05) is 33.9 Å². The minimum Gasteiger partial charge on any atom is -0.461 e. The summed E-state index contributed by atoms with van der Waals surface area (Å²) in [5, 5.41) is 5.26. The number of amides is 1. The van der Waals surface area contributed by atoms with Gasteiger partial charge in [-0.3, -0.25) is 9.78 Å². The third-order valence-electron chi connectivity index (χ3n) is 3.75. The molecule has 2 N–H and O–H groups in total. The van der Waals surface area contributed by atoms with Crippen LogP contribution in [0.15, 0.2) is 47.8 Å². The monoisotopic (exact) mass is 384 g/mol. The molecule has 0 atom stereocenters. The molecule has 138 valence electrons. The minimum atomic E-state index is -0.507. The number of benzene rings is 1. The van der Waals surface area contributed by atoms with Crippen molar-refractivity contribution >= 4 is 40.6 Å². The molecule has 2 heterocycles. The van der Waals surface area contributed by atoms with Crippen molar-refractivity contribution in [3.63, 3.8) is 0 Å². The van der Waals surface area contributed by atoms with E-state index in [9.17, 15) is 9.59 Å². The van der Waals surface area contributed by atoms with Gasteiger partial charge in [0.15, 0.2) is 0 Å². The van der Waals surface area contributed by atoms with E-state index in [1.807, 2.05) is 0 Å². The number of nitrogens with zero attached hydrogens (tertiary/aromatic N) is 2. The van der Waals surface area contributed by atoms with Gasteiger partial charge in [0.05, 0.1) is 19.2 Å². The molecule has 0 saturated heterocycles. The molecule has 27 heavy (non-hydrogen) atoms. The molecule has 1 amide bonds. The number of rotatable bonds is 6. The Hall–Kier alpha value is -3.19. The molecule has 1 aromatic carbocycles. The van der Waals surface area contributed by atoms with Crippen LogP contribution < -0.4 is 5.43 Å². The quantitative estimate of drug-likeness (QED) is 0.387. The molecule has 7 nitrogen and oxygen atoms in total. The number of aromatic amines is 1. The maximum atomic E-state index is 12.2. The van der Waals surface area contributed by atoms with Crippen LogP contribution in [0.5, 0.6) is 0 Å². The summed E-state index contributed by atoms with van der Waals surface area (Å²) in [5.74, 6) is -0.798. The second-order valence-electron chi connectivity index (χ2n) is 5.66. The zero-order valence-electron chi connectivity index (χ0n) is 14.5. The molecule has 3 aromatic rings. The van der Waals surface area contributed by atoms with Gasteiger partial charge in [-0.05, 0) is 30.7 Å². The first-order valence-electron chi connectivity index (χ1n) is 8.27. The summed E-state index contributed by atoms with van der Waals surface area (Å²) in [6.45, 7) is 1.97. The normalized spacial score (nSPS) is 11.0. The number of esters is 1. The van der Waals surface area contributed by atoms with Crippen LogP contribution in [0.1, 0.15) is 28.5 Å². The maximum Gasteiger partial charge on any atom is 0.355 e. The summed E-state index contributed by atoms with van der Waals surface area (Å²) in [6.07, 6.45) is 4.82. The molecule has 0 fully saturated rings. The predicted octanol–water partition coefficient (Wildman–Crippen LogP) is 3.09. The summed E-state index contributed by atoms with van der Waals surface area (Å²) in [5.41, 5.74) is 4.67. The van der Waals surface area contributed by atoms with E-state index in [2.05, 4.69) is 20.5 Å². The van der Waals surface area contributed by atoms with Gasteiger partial charge in [0.25, 0.3) is 0 Å². The Balaban J connectivity index is 1.82. The molecular formula is C19H17ClN4O3. The lowest BCUT2D eigenvalue weighted by Crippen LogP contribution is -2.20. The van der Waals surface area contributed by atoms with Crippen molar-refractivity contribution in [1.82, 2.24) is 15.4 Å². The Morgan fingerprint density at radius 3 is 2.96 bits per heavy atom. The number of carbonyl (C=O) groups excluding carboxylic acids is 2. The number of fused-ring (bicyclic) bond motifs is 1. The molecule has 0 spiro atoms. The van der Waals surface area contributed by atoms with Crippen LogP contribution in [0.3, 0.4) is 0 Å². The lowest BCUT2D eigenvalue weighted by molar-refractivity contribution is -0.120. The molecule has 0 saturated carbocycles. The molecule has 8 heteroatoms. The van der Waals surface area contributed by atoms with Gasteiger partial charge in [-0.25, -0.2) is 10.2 Å². The highest BCUT2D eigenvalue weighted by Gasteiger charge is 2.18. The highest BCUT2D eigenvalue weighted by Crippen LogP contribution is 2.24. The third-order valence-corrected chi connectivity index (χ3v) is 3.99. The lowest BCUT2D eigenvalue weighted by Gasteiger charge is -2.01. The van der Waals surface area contributed by atoms with Gasteiger partial charge in [0.1, 0.15) is 5.69 Å². The third kappa shape index (κ3) is 4.51. The first-order chi connectivity index (χ1) is 13.1. The van der Waals surface area contributed by atoms with Crippen molar-refractivity contribution in [3.8, 4) is 0 Å². The van der Waals surface area contributed by atoms with E-state index in [0.717, 1.165) is 10.9 Å². The molecular weight excluding hydrogens is 368 g/mol. The number of pyridine rings is 1. The van der Waals surface area contributed by atoms with E-state index in [1.165, 1.54) is 6.21 Å². The SMILES string of the molecule is CCOC(=O)c1[nH]c2cc(Cl)ccc2c1/C=N/NC(=O)Cc1cccnc1. The Kier molecular flexibility index (Phi) is 5.83. The second-order valence-corrected chi connectivity index (χ2v) is 6.09. The number of ether oxygens (including phenoxy) is 1. The van der Waals surface area contributed by atoms with Crippen molar-refractivity contribution in [1.29, 1.82) is 0 Å². The Labute approximate surface area is 160 Å².